The summed E-state index contributed by atoms with van der Waals surface area (Å²) in [6, 6.07) is 16.1. The molecule has 5 heteroatoms. The van der Waals surface area contributed by atoms with E-state index in [9.17, 15) is 9.18 Å². The van der Waals surface area contributed by atoms with Gasteiger partial charge in [0.2, 0.25) is 0 Å². The fraction of sp³-hybridized carbons (Fsp3) is 0.182. The number of halogens is 1. The molecule has 0 aliphatic rings. The number of benzene rings is 2. The van der Waals surface area contributed by atoms with E-state index in [1.165, 1.54) is 6.07 Å². The number of nitrogens with zero attached hydrogens (tertiary/aromatic N) is 1. The highest BCUT2D eigenvalue weighted by Crippen LogP contribution is 2.18. The molecule has 0 aliphatic carbocycles. The molecule has 3 rings (SSSR count). The molecule has 0 spiro atoms. The molecule has 0 fully saturated rings. The highest BCUT2D eigenvalue weighted by atomic mass is 19.1. The van der Waals surface area contributed by atoms with Crippen molar-refractivity contribution in [2.75, 3.05) is 17.2 Å². The van der Waals surface area contributed by atoms with E-state index in [0.717, 1.165) is 22.5 Å². The van der Waals surface area contributed by atoms with Crippen LogP contribution in [0.3, 0.4) is 0 Å². The number of hydrogen-bond acceptors (Lipinski definition) is 3. The second kappa shape index (κ2) is 8.45. The van der Waals surface area contributed by atoms with Crippen LogP contribution in [-0.4, -0.2) is 17.4 Å². The Balaban J connectivity index is 1.63. The fourth-order valence-electron chi connectivity index (χ4n) is 2.76. The number of amides is 1. The van der Waals surface area contributed by atoms with Gasteiger partial charge in [-0.05, 0) is 61.2 Å². The summed E-state index contributed by atoms with van der Waals surface area (Å²) in [5.41, 5.74) is 4.60. The molecule has 0 radical (unpaired) electrons. The van der Waals surface area contributed by atoms with Crippen LogP contribution in [0.4, 0.5) is 15.8 Å². The summed E-state index contributed by atoms with van der Waals surface area (Å²) in [4.78, 5) is 16.7. The molecular formula is C22H22FN3O. The summed E-state index contributed by atoms with van der Waals surface area (Å²) in [6.07, 6.45) is 2.14. The lowest BCUT2D eigenvalue weighted by atomic mass is 10.1. The molecule has 0 saturated carbocycles. The van der Waals surface area contributed by atoms with E-state index in [-0.39, 0.29) is 11.7 Å². The maximum absolute atomic E-state index is 13.7. The van der Waals surface area contributed by atoms with Crippen molar-refractivity contribution in [3.8, 4) is 0 Å². The van der Waals surface area contributed by atoms with E-state index in [2.05, 4.69) is 15.6 Å². The predicted molar refractivity (Wildman–Crippen MR) is 107 cm³/mol. The Kier molecular flexibility index (Phi) is 5.81. The Bertz CT molecular complexity index is 956. The van der Waals surface area contributed by atoms with E-state index in [0.29, 0.717) is 24.2 Å². The number of carbonyl (C=O) groups excluding carboxylic acids is 1. The van der Waals surface area contributed by atoms with E-state index >= 15 is 0 Å². The van der Waals surface area contributed by atoms with Gasteiger partial charge in [-0.1, -0.05) is 30.3 Å². The van der Waals surface area contributed by atoms with Crippen LogP contribution in [0.15, 0.2) is 60.8 Å². The van der Waals surface area contributed by atoms with Crippen molar-refractivity contribution in [1.82, 2.24) is 4.98 Å². The third kappa shape index (κ3) is 4.91. The van der Waals surface area contributed by atoms with E-state index < -0.39 is 0 Å². The average Bonchev–Trinajstić information content (AvgIpc) is 2.66. The van der Waals surface area contributed by atoms with Crippen LogP contribution >= 0.6 is 0 Å². The van der Waals surface area contributed by atoms with E-state index in [4.69, 9.17) is 0 Å². The molecule has 1 amide bonds. The number of aromatic nitrogens is 1. The van der Waals surface area contributed by atoms with Gasteiger partial charge in [-0.15, -0.1) is 0 Å². The molecule has 0 aliphatic heterocycles. The van der Waals surface area contributed by atoms with Crippen molar-refractivity contribution in [1.29, 1.82) is 0 Å². The van der Waals surface area contributed by atoms with Gasteiger partial charge in [0.25, 0.3) is 5.91 Å². The largest absolute Gasteiger partial charge is 0.385 e. The first-order valence-corrected chi connectivity index (χ1v) is 8.85. The first kappa shape index (κ1) is 18.6. The quantitative estimate of drug-likeness (QED) is 0.665. The van der Waals surface area contributed by atoms with Crippen LogP contribution < -0.4 is 10.6 Å². The number of rotatable bonds is 6. The number of anilines is 2. The van der Waals surface area contributed by atoms with Crippen molar-refractivity contribution in [2.24, 2.45) is 0 Å². The fourth-order valence-corrected chi connectivity index (χ4v) is 2.76. The van der Waals surface area contributed by atoms with Crippen molar-refractivity contribution in [3.63, 3.8) is 0 Å². The summed E-state index contributed by atoms with van der Waals surface area (Å²) in [5, 5.41) is 6.12. The Morgan fingerprint density at radius 3 is 2.70 bits per heavy atom. The standard InChI is InChI=1S/C22H22FN3O/c1-15-7-8-16(2)20(13-15)26-22(27)21-14-18(10-12-25-21)24-11-9-17-5-3-4-6-19(17)23/h3-8,10,12-14H,9,11H2,1-2H3,(H,24,25)(H,26,27). The van der Waals surface area contributed by atoms with Crippen molar-refractivity contribution >= 4 is 17.3 Å². The maximum Gasteiger partial charge on any atom is 0.274 e. The smallest absolute Gasteiger partial charge is 0.274 e. The highest BCUT2D eigenvalue weighted by molar-refractivity contribution is 6.03. The molecule has 1 aromatic heterocycles. The van der Waals surface area contributed by atoms with Gasteiger partial charge in [0.05, 0.1) is 0 Å². The average molecular weight is 363 g/mol. The second-order valence-corrected chi connectivity index (χ2v) is 6.47. The van der Waals surface area contributed by atoms with Crippen LogP contribution in [0.5, 0.6) is 0 Å². The third-order valence-electron chi connectivity index (χ3n) is 4.32. The number of pyridine rings is 1. The number of nitrogens with one attached hydrogen (secondary N) is 2. The van der Waals surface area contributed by atoms with Crippen molar-refractivity contribution in [3.05, 3.63) is 89.0 Å². The molecule has 4 nitrogen and oxygen atoms in total. The summed E-state index contributed by atoms with van der Waals surface area (Å²) in [6.45, 7) is 4.49. The molecule has 1 heterocycles. The SMILES string of the molecule is Cc1ccc(C)c(NC(=O)c2cc(NCCc3ccccc3F)ccn2)c1. The van der Waals surface area contributed by atoms with Crippen LogP contribution in [0.1, 0.15) is 27.2 Å². The minimum Gasteiger partial charge on any atom is -0.385 e. The zero-order valence-electron chi connectivity index (χ0n) is 15.4. The van der Waals surface area contributed by atoms with Crippen LogP contribution in [0.25, 0.3) is 0 Å². The van der Waals surface area contributed by atoms with Gasteiger partial charge < -0.3 is 10.6 Å². The van der Waals surface area contributed by atoms with Gasteiger partial charge >= 0.3 is 0 Å². The molecule has 0 bridgehead atoms. The Hall–Kier alpha value is -3.21. The predicted octanol–water partition coefficient (Wildman–Crippen LogP) is 4.74. The van der Waals surface area contributed by atoms with Gasteiger partial charge in [-0.25, -0.2) is 4.39 Å². The Morgan fingerprint density at radius 2 is 1.89 bits per heavy atom. The normalized spacial score (nSPS) is 10.5. The molecule has 0 atom stereocenters. The van der Waals surface area contributed by atoms with Crippen LogP contribution in [0, 0.1) is 19.7 Å². The van der Waals surface area contributed by atoms with Gasteiger partial charge in [0.15, 0.2) is 0 Å². The Morgan fingerprint density at radius 1 is 1.07 bits per heavy atom. The third-order valence-corrected chi connectivity index (χ3v) is 4.32. The van der Waals surface area contributed by atoms with Gasteiger partial charge in [-0.3, -0.25) is 9.78 Å². The molecule has 2 N–H and O–H groups in total. The Labute approximate surface area is 158 Å². The van der Waals surface area contributed by atoms with Gasteiger partial charge in [0, 0.05) is 24.1 Å². The molecule has 138 valence electrons. The van der Waals surface area contributed by atoms with Crippen LogP contribution in [-0.2, 0) is 6.42 Å². The monoisotopic (exact) mass is 363 g/mol. The zero-order valence-corrected chi connectivity index (χ0v) is 15.4. The van der Waals surface area contributed by atoms with Gasteiger partial charge in [0.1, 0.15) is 11.5 Å². The number of carbonyl (C=O) groups is 1. The lowest BCUT2D eigenvalue weighted by molar-refractivity contribution is 0.102. The second-order valence-electron chi connectivity index (χ2n) is 6.47. The van der Waals surface area contributed by atoms with E-state index in [1.54, 1.807) is 30.5 Å². The highest BCUT2D eigenvalue weighted by Gasteiger charge is 2.10. The minimum absolute atomic E-state index is 0.206. The summed E-state index contributed by atoms with van der Waals surface area (Å²) < 4.78 is 13.7. The van der Waals surface area contributed by atoms with Gasteiger partial charge in [-0.2, -0.15) is 0 Å². The molecule has 27 heavy (non-hydrogen) atoms. The van der Waals surface area contributed by atoms with Crippen LogP contribution in [0.2, 0.25) is 0 Å². The lowest BCUT2D eigenvalue weighted by Crippen LogP contribution is -2.15. The molecule has 0 unspecified atom stereocenters. The maximum atomic E-state index is 13.7. The van der Waals surface area contributed by atoms with E-state index in [1.807, 2.05) is 38.1 Å². The first-order chi connectivity index (χ1) is 13.0. The summed E-state index contributed by atoms with van der Waals surface area (Å²) in [5.74, 6) is -0.468. The minimum atomic E-state index is -0.263. The number of hydrogen-bond donors (Lipinski definition) is 2. The molecule has 2 aromatic carbocycles. The molecular weight excluding hydrogens is 341 g/mol. The summed E-state index contributed by atoms with van der Waals surface area (Å²) in [7, 11) is 0. The molecule has 3 aromatic rings. The summed E-state index contributed by atoms with van der Waals surface area (Å²) >= 11 is 0. The zero-order chi connectivity index (χ0) is 19.2. The lowest BCUT2D eigenvalue weighted by Gasteiger charge is -2.11. The first-order valence-electron chi connectivity index (χ1n) is 8.85. The number of aryl methyl sites for hydroxylation is 2. The molecule has 0 saturated heterocycles. The topological polar surface area (TPSA) is 54.0 Å². The van der Waals surface area contributed by atoms with Crippen molar-refractivity contribution in [2.45, 2.75) is 20.3 Å². The van der Waals surface area contributed by atoms with Crippen molar-refractivity contribution < 1.29 is 9.18 Å².